The van der Waals surface area contributed by atoms with Gasteiger partial charge in [0, 0.05) is 18.7 Å². The van der Waals surface area contributed by atoms with Gasteiger partial charge >= 0.3 is 0 Å². The highest BCUT2D eigenvalue weighted by molar-refractivity contribution is 5.96. The summed E-state index contributed by atoms with van der Waals surface area (Å²) < 4.78 is 0. The lowest BCUT2D eigenvalue weighted by Gasteiger charge is -2.20. The Kier molecular flexibility index (Phi) is 5.47. The summed E-state index contributed by atoms with van der Waals surface area (Å²) in [6, 6.07) is 23.2. The van der Waals surface area contributed by atoms with E-state index in [4.69, 9.17) is 0 Å². The molecule has 0 unspecified atom stereocenters. The van der Waals surface area contributed by atoms with E-state index in [1.165, 1.54) is 12.1 Å². The first kappa shape index (κ1) is 18.1. The maximum atomic E-state index is 12.8. The molecule has 136 valence electrons. The van der Waals surface area contributed by atoms with Crippen molar-refractivity contribution in [3.63, 3.8) is 0 Å². The first-order valence-corrected chi connectivity index (χ1v) is 8.47. The van der Waals surface area contributed by atoms with Crippen LogP contribution in [0.25, 0.3) is 0 Å². The van der Waals surface area contributed by atoms with Crippen LogP contribution in [-0.2, 0) is 0 Å². The van der Waals surface area contributed by atoms with Crippen molar-refractivity contribution in [2.24, 2.45) is 0 Å². The fourth-order valence-electron chi connectivity index (χ4n) is 2.90. The minimum absolute atomic E-state index is 0.138. The van der Waals surface area contributed by atoms with Crippen LogP contribution in [0.5, 0.6) is 0 Å². The summed E-state index contributed by atoms with van der Waals surface area (Å²) in [6.07, 6.45) is 0. The molecule has 2 N–H and O–H groups in total. The van der Waals surface area contributed by atoms with Gasteiger partial charge in [-0.1, -0.05) is 60.7 Å². The van der Waals surface area contributed by atoms with Crippen LogP contribution in [0.3, 0.4) is 0 Å². The molecular weight excluding hydrogens is 342 g/mol. The third-order valence-electron chi connectivity index (χ3n) is 4.27. The predicted molar refractivity (Wildman–Crippen MR) is 105 cm³/mol. The van der Waals surface area contributed by atoms with Crippen molar-refractivity contribution in [3.8, 4) is 0 Å². The molecule has 3 aromatic carbocycles. The molecule has 0 aliphatic heterocycles. The van der Waals surface area contributed by atoms with E-state index in [2.05, 4.69) is 10.6 Å². The molecule has 0 aliphatic rings. The number of rotatable bonds is 6. The fraction of sp³-hybridized carbons (Fsp3) is 0.0952. The molecular formula is C21H19N3O3. The Morgan fingerprint density at radius 1 is 0.926 bits per heavy atom. The fourth-order valence-corrected chi connectivity index (χ4v) is 2.90. The number of nitrogens with one attached hydrogen (secondary N) is 2. The highest BCUT2D eigenvalue weighted by Gasteiger charge is 2.21. The number of nitro groups is 1. The monoisotopic (exact) mass is 361 g/mol. The molecule has 3 rings (SSSR count). The SMILES string of the molecule is CNc1ccc(C(=O)NC(c2ccccc2)c2ccccc2)cc1[N+](=O)[O-]. The van der Waals surface area contributed by atoms with Crippen molar-refractivity contribution < 1.29 is 9.72 Å². The lowest BCUT2D eigenvalue weighted by Crippen LogP contribution is -2.29. The number of hydrogen-bond acceptors (Lipinski definition) is 4. The maximum absolute atomic E-state index is 12.8. The van der Waals surface area contributed by atoms with Crippen LogP contribution in [-0.4, -0.2) is 17.9 Å². The smallest absolute Gasteiger partial charge is 0.293 e. The second-order valence-electron chi connectivity index (χ2n) is 5.97. The molecule has 0 heterocycles. The normalized spacial score (nSPS) is 10.4. The van der Waals surface area contributed by atoms with Crippen LogP contribution < -0.4 is 10.6 Å². The van der Waals surface area contributed by atoms with E-state index in [1.54, 1.807) is 13.1 Å². The zero-order valence-electron chi connectivity index (χ0n) is 14.8. The van der Waals surface area contributed by atoms with Crippen molar-refractivity contribution in [2.45, 2.75) is 6.04 Å². The standard InChI is InChI=1S/C21H19N3O3/c1-22-18-13-12-17(14-19(18)24(26)27)21(25)23-20(15-8-4-2-5-9-15)16-10-6-3-7-11-16/h2-14,20,22H,1H3,(H,23,25). The number of amides is 1. The number of hydrogen-bond donors (Lipinski definition) is 2. The first-order valence-electron chi connectivity index (χ1n) is 8.47. The van der Waals surface area contributed by atoms with Gasteiger partial charge in [0.05, 0.1) is 11.0 Å². The second-order valence-corrected chi connectivity index (χ2v) is 5.97. The molecule has 3 aromatic rings. The predicted octanol–water partition coefficient (Wildman–Crippen LogP) is 4.16. The van der Waals surface area contributed by atoms with Crippen molar-refractivity contribution >= 4 is 17.3 Å². The lowest BCUT2D eigenvalue weighted by atomic mass is 9.98. The van der Waals surface area contributed by atoms with E-state index < -0.39 is 4.92 Å². The molecule has 0 radical (unpaired) electrons. The zero-order chi connectivity index (χ0) is 19.2. The summed E-state index contributed by atoms with van der Waals surface area (Å²) in [6.45, 7) is 0. The molecule has 0 spiro atoms. The third kappa shape index (κ3) is 4.12. The van der Waals surface area contributed by atoms with E-state index in [0.29, 0.717) is 5.69 Å². The molecule has 0 saturated carbocycles. The summed E-state index contributed by atoms with van der Waals surface area (Å²) >= 11 is 0. The maximum Gasteiger partial charge on any atom is 0.293 e. The Hall–Kier alpha value is -3.67. The van der Waals surface area contributed by atoms with Crippen molar-refractivity contribution in [3.05, 3.63) is 106 Å². The van der Waals surface area contributed by atoms with Crippen LogP contribution >= 0.6 is 0 Å². The minimum Gasteiger partial charge on any atom is -0.383 e. The Morgan fingerprint density at radius 2 is 1.48 bits per heavy atom. The van der Waals surface area contributed by atoms with Gasteiger partial charge in [0.25, 0.3) is 11.6 Å². The van der Waals surface area contributed by atoms with Gasteiger partial charge in [-0.05, 0) is 23.3 Å². The van der Waals surface area contributed by atoms with Crippen LogP contribution in [0.1, 0.15) is 27.5 Å². The van der Waals surface area contributed by atoms with Crippen LogP contribution in [0, 0.1) is 10.1 Å². The summed E-state index contributed by atoms with van der Waals surface area (Å²) in [4.78, 5) is 23.6. The van der Waals surface area contributed by atoms with Gasteiger partial charge in [-0.25, -0.2) is 0 Å². The van der Waals surface area contributed by atoms with Gasteiger partial charge in [0.15, 0.2) is 0 Å². The average molecular weight is 361 g/mol. The quantitative estimate of drug-likeness (QED) is 0.510. The summed E-state index contributed by atoms with van der Waals surface area (Å²) in [5, 5.41) is 17.0. The van der Waals surface area contributed by atoms with E-state index in [1.807, 2.05) is 60.7 Å². The number of nitro benzene ring substituents is 1. The molecule has 0 fully saturated rings. The van der Waals surface area contributed by atoms with Crippen molar-refractivity contribution in [2.75, 3.05) is 12.4 Å². The molecule has 6 heteroatoms. The molecule has 6 nitrogen and oxygen atoms in total. The largest absolute Gasteiger partial charge is 0.383 e. The van der Waals surface area contributed by atoms with E-state index in [9.17, 15) is 14.9 Å². The van der Waals surface area contributed by atoms with Crippen molar-refractivity contribution in [1.29, 1.82) is 0 Å². The van der Waals surface area contributed by atoms with Crippen LogP contribution in [0.4, 0.5) is 11.4 Å². The minimum atomic E-state index is -0.505. The topological polar surface area (TPSA) is 84.3 Å². The lowest BCUT2D eigenvalue weighted by molar-refractivity contribution is -0.384. The second kappa shape index (κ2) is 8.14. The molecule has 27 heavy (non-hydrogen) atoms. The molecule has 0 aliphatic carbocycles. The molecule has 0 saturated heterocycles. The molecule has 0 bridgehead atoms. The Balaban J connectivity index is 1.94. The first-order chi connectivity index (χ1) is 13.1. The van der Waals surface area contributed by atoms with Gasteiger partial charge in [0.2, 0.25) is 0 Å². The van der Waals surface area contributed by atoms with Gasteiger partial charge in [-0.15, -0.1) is 0 Å². The number of anilines is 1. The molecule has 0 atom stereocenters. The van der Waals surface area contributed by atoms with E-state index >= 15 is 0 Å². The van der Waals surface area contributed by atoms with Crippen LogP contribution in [0.15, 0.2) is 78.9 Å². The van der Waals surface area contributed by atoms with Gasteiger partial charge in [-0.2, -0.15) is 0 Å². The Morgan fingerprint density at radius 3 is 1.96 bits per heavy atom. The van der Waals surface area contributed by atoms with E-state index in [-0.39, 0.29) is 23.2 Å². The highest BCUT2D eigenvalue weighted by atomic mass is 16.6. The van der Waals surface area contributed by atoms with Gasteiger partial charge in [-0.3, -0.25) is 14.9 Å². The van der Waals surface area contributed by atoms with E-state index in [0.717, 1.165) is 11.1 Å². The van der Waals surface area contributed by atoms with Crippen molar-refractivity contribution in [1.82, 2.24) is 5.32 Å². The molecule has 1 amide bonds. The Labute approximate surface area is 157 Å². The van der Waals surface area contributed by atoms with Crippen LogP contribution in [0.2, 0.25) is 0 Å². The number of benzene rings is 3. The zero-order valence-corrected chi connectivity index (χ0v) is 14.8. The average Bonchev–Trinajstić information content (AvgIpc) is 2.72. The molecule has 0 aromatic heterocycles. The number of nitrogens with zero attached hydrogens (tertiary/aromatic N) is 1. The van der Waals surface area contributed by atoms with Gasteiger partial charge in [0.1, 0.15) is 5.69 Å². The number of carbonyl (C=O) groups excluding carboxylic acids is 1. The van der Waals surface area contributed by atoms with Gasteiger partial charge < -0.3 is 10.6 Å². The summed E-state index contributed by atoms with van der Waals surface area (Å²) in [5.41, 5.74) is 2.31. The summed E-state index contributed by atoms with van der Waals surface area (Å²) in [5.74, 6) is -0.376. The number of carbonyl (C=O) groups is 1. The summed E-state index contributed by atoms with van der Waals surface area (Å²) in [7, 11) is 1.60. The Bertz CT molecular complexity index is 904. The third-order valence-corrected chi connectivity index (χ3v) is 4.27. The highest BCUT2D eigenvalue weighted by Crippen LogP contribution is 2.26.